The van der Waals surface area contributed by atoms with Gasteiger partial charge < -0.3 is 24.3 Å². The van der Waals surface area contributed by atoms with Crippen molar-refractivity contribution < 1.29 is 28.5 Å². The van der Waals surface area contributed by atoms with Gasteiger partial charge in [0, 0.05) is 11.6 Å². The summed E-state index contributed by atoms with van der Waals surface area (Å²) in [5, 5.41) is 6.39. The Hall–Kier alpha value is -3.75. The predicted molar refractivity (Wildman–Crippen MR) is 107 cm³/mol. The zero-order valence-corrected chi connectivity index (χ0v) is 16.6. The molecular weight excluding hydrogens is 378 g/mol. The molecule has 0 bridgehead atoms. The molecule has 154 valence electrons. The predicted octanol–water partition coefficient (Wildman–Crippen LogP) is 1.60. The van der Waals surface area contributed by atoms with E-state index in [1.165, 1.54) is 34.7 Å². The maximum Gasteiger partial charge on any atom is 0.259 e. The Balaban J connectivity index is 1.94. The second-order valence-electron chi connectivity index (χ2n) is 5.62. The first-order chi connectivity index (χ1) is 14.0. The Kier molecular flexibility index (Phi) is 7.84. The van der Waals surface area contributed by atoms with E-state index in [0.29, 0.717) is 28.6 Å². The van der Waals surface area contributed by atoms with E-state index in [4.69, 9.17) is 18.9 Å². The molecule has 0 radical (unpaired) electrons. The maximum atomic E-state index is 12.3. The van der Waals surface area contributed by atoms with Gasteiger partial charge in [0.05, 0.1) is 46.8 Å². The Bertz CT molecular complexity index is 898. The number of ether oxygens (including phenoxy) is 4. The fraction of sp³-hybridized carbons (Fsp3) is 0.250. The van der Waals surface area contributed by atoms with Gasteiger partial charge in [-0.1, -0.05) is 6.07 Å². The molecule has 29 heavy (non-hydrogen) atoms. The smallest absolute Gasteiger partial charge is 0.259 e. The van der Waals surface area contributed by atoms with Crippen molar-refractivity contribution in [2.75, 3.05) is 35.0 Å². The highest BCUT2D eigenvalue weighted by Gasteiger charge is 2.14. The van der Waals surface area contributed by atoms with Crippen LogP contribution in [0.5, 0.6) is 23.0 Å². The minimum absolute atomic E-state index is 0.263. The van der Waals surface area contributed by atoms with E-state index < -0.39 is 11.8 Å². The molecule has 0 unspecified atom stereocenters. The number of nitrogens with one attached hydrogen (secondary N) is 2. The Morgan fingerprint density at radius 2 is 1.72 bits per heavy atom. The monoisotopic (exact) mass is 401 g/mol. The molecule has 2 N–H and O–H groups in total. The number of rotatable bonds is 9. The Labute approximate surface area is 168 Å². The minimum Gasteiger partial charge on any atom is -0.497 e. The highest BCUT2D eigenvalue weighted by Crippen LogP contribution is 2.29. The summed E-state index contributed by atoms with van der Waals surface area (Å²) in [6, 6.07) is 10.0. The molecule has 2 aromatic rings. The molecule has 0 fully saturated rings. The van der Waals surface area contributed by atoms with Gasteiger partial charge in [-0.15, -0.1) is 0 Å². The van der Waals surface area contributed by atoms with Gasteiger partial charge in [-0.05, 0) is 24.3 Å². The number of nitrogens with zero attached hydrogens (tertiary/aromatic N) is 1. The van der Waals surface area contributed by atoms with Crippen LogP contribution in [0.4, 0.5) is 0 Å². The van der Waals surface area contributed by atoms with E-state index in [1.54, 1.807) is 36.4 Å². The SMILES string of the molecule is COc1ccc(C(=O)NCC(=O)N/N=C/c2cccc(OC)c2OC)c(OC)c1. The number of amides is 2. The lowest BCUT2D eigenvalue weighted by atomic mass is 10.1. The number of hydrazone groups is 1. The van der Waals surface area contributed by atoms with Crippen molar-refractivity contribution in [2.45, 2.75) is 0 Å². The summed E-state index contributed by atoms with van der Waals surface area (Å²) in [7, 11) is 6.00. The number of benzene rings is 2. The normalized spacial score (nSPS) is 10.3. The molecule has 9 heteroatoms. The van der Waals surface area contributed by atoms with Crippen LogP contribution in [-0.2, 0) is 4.79 Å². The van der Waals surface area contributed by atoms with Gasteiger partial charge in [0.1, 0.15) is 11.5 Å². The van der Waals surface area contributed by atoms with Crippen LogP contribution in [0.15, 0.2) is 41.5 Å². The van der Waals surface area contributed by atoms with Crippen LogP contribution < -0.4 is 29.7 Å². The highest BCUT2D eigenvalue weighted by molar-refractivity contribution is 5.99. The van der Waals surface area contributed by atoms with Gasteiger partial charge >= 0.3 is 0 Å². The van der Waals surface area contributed by atoms with Crippen LogP contribution in [0.1, 0.15) is 15.9 Å². The molecule has 0 spiro atoms. The molecular formula is C20H23N3O6. The average Bonchev–Trinajstić information content (AvgIpc) is 2.76. The molecule has 0 aliphatic heterocycles. The molecule has 0 atom stereocenters. The topological polar surface area (TPSA) is 107 Å². The number of hydrogen-bond acceptors (Lipinski definition) is 7. The van der Waals surface area contributed by atoms with Crippen LogP contribution in [0.25, 0.3) is 0 Å². The van der Waals surface area contributed by atoms with Crippen LogP contribution in [0, 0.1) is 0 Å². The third kappa shape index (κ3) is 5.61. The van der Waals surface area contributed by atoms with Crippen molar-refractivity contribution in [3.05, 3.63) is 47.5 Å². The fourth-order valence-electron chi connectivity index (χ4n) is 2.47. The summed E-state index contributed by atoms with van der Waals surface area (Å²) in [6.07, 6.45) is 1.42. The quantitative estimate of drug-likeness (QED) is 0.488. The third-order valence-electron chi connectivity index (χ3n) is 3.89. The first-order valence-electron chi connectivity index (χ1n) is 8.57. The lowest BCUT2D eigenvalue weighted by Gasteiger charge is -2.10. The molecule has 2 rings (SSSR count). The highest BCUT2D eigenvalue weighted by atomic mass is 16.5. The Morgan fingerprint density at radius 3 is 2.38 bits per heavy atom. The van der Waals surface area contributed by atoms with E-state index in [1.807, 2.05) is 0 Å². The van der Waals surface area contributed by atoms with E-state index >= 15 is 0 Å². The Morgan fingerprint density at radius 1 is 0.966 bits per heavy atom. The number of carbonyl (C=O) groups is 2. The van der Waals surface area contributed by atoms with E-state index in [2.05, 4.69) is 15.8 Å². The standard InChI is InChI=1S/C20H23N3O6/c1-26-14-8-9-15(17(10-14)28-3)20(25)21-12-18(24)23-22-11-13-6-5-7-16(27-2)19(13)29-4/h5-11H,12H2,1-4H3,(H,21,25)(H,23,24)/b22-11+. The lowest BCUT2D eigenvalue weighted by Crippen LogP contribution is -2.35. The van der Waals surface area contributed by atoms with Crippen molar-refractivity contribution in [3.63, 3.8) is 0 Å². The minimum atomic E-state index is -0.496. The molecule has 2 aromatic carbocycles. The van der Waals surface area contributed by atoms with Crippen LogP contribution >= 0.6 is 0 Å². The average molecular weight is 401 g/mol. The first kappa shape index (κ1) is 21.5. The molecule has 0 saturated heterocycles. The van der Waals surface area contributed by atoms with Gasteiger partial charge in [0.2, 0.25) is 0 Å². The summed E-state index contributed by atoms with van der Waals surface area (Å²) >= 11 is 0. The van der Waals surface area contributed by atoms with Crippen molar-refractivity contribution in [2.24, 2.45) is 5.10 Å². The number of hydrogen-bond donors (Lipinski definition) is 2. The van der Waals surface area contributed by atoms with Crippen LogP contribution in [0.3, 0.4) is 0 Å². The second-order valence-corrected chi connectivity index (χ2v) is 5.62. The zero-order chi connectivity index (χ0) is 21.2. The molecule has 0 aliphatic rings. The summed E-state index contributed by atoms with van der Waals surface area (Å²) < 4.78 is 20.8. The summed E-state index contributed by atoms with van der Waals surface area (Å²) in [4.78, 5) is 24.3. The fourth-order valence-corrected chi connectivity index (χ4v) is 2.47. The van der Waals surface area contributed by atoms with E-state index in [9.17, 15) is 9.59 Å². The molecule has 0 heterocycles. The third-order valence-corrected chi connectivity index (χ3v) is 3.89. The molecule has 0 aliphatic carbocycles. The molecule has 9 nitrogen and oxygen atoms in total. The van der Waals surface area contributed by atoms with Gasteiger partial charge in [-0.25, -0.2) is 5.43 Å². The second kappa shape index (κ2) is 10.5. The molecule has 0 aromatic heterocycles. The number of methoxy groups -OCH3 is 4. The van der Waals surface area contributed by atoms with Gasteiger partial charge in [0.25, 0.3) is 11.8 Å². The van der Waals surface area contributed by atoms with Crippen molar-refractivity contribution in [1.29, 1.82) is 0 Å². The van der Waals surface area contributed by atoms with E-state index in [0.717, 1.165) is 0 Å². The number of carbonyl (C=O) groups excluding carboxylic acids is 2. The van der Waals surface area contributed by atoms with Crippen molar-refractivity contribution in [1.82, 2.24) is 10.7 Å². The van der Waals surface area contributed by atoms with E-state index in [-0.39, 0.29) is 12.1 Å². The summed E-state index contributed by atoms with van der Waals surface area (Å²) in [5.41, 5.74) is 3.25. The summed E-state index contributed by atoms with van der Waals surface area (Å²) in [6.45, 7) is -0.263. The van der Waals surface area contributed by atoms with Gasteiger partial charge in [0.15, 0.2) is 11.5 Å². The van der Waals surface area contributed by atoms with Crippen LogP contribution in [-0.4, -0.2) is 53.0 Å². The van der Waals surface area contributed by atoms with Gasteiger partial charge in [-0.3, -0.25) is 9.59 Å². The van der Waals surface area contributed by atoms with Crippen molar-refractivity contribution in [3.8, 4) is 23.0 Å². The van der Waals surface area contributed by atoms with Crippen LogP contribution in [0.2, 0.25) is 0 Å². The number of para-hydroxylation sites is 1. The lowest BCUT2D eigenvalue weighted by molar-refractivity contribution is -0.120. The first-order valence-corrected chi connectivity index (χ1v) is 8.57. The largest absolute Gasteiger partial charge is 0.497 e. The molecule has 2 amide bonds. The zero-order valence-electron chi connectivity index (χ0n) is 16.6. The summed E-state index contributed by atoms with van der Waals surface area (Å²) in [5.74, 6) is 0.974. The molecule has 0 saturated carbocycles. The van der Waals surface area contributed by atoms with Gasteiger partial charge in [-0.2, -0.15) is 5.10 Å². The maximum absolute atomic E-state index is 12.3. The van der Waals surface area contributed by atoms with Crippen molar-refractivity contribution >= 4 is 18.0 Å².